The molecule has 3 atom stereocenters. The molecule has 2 heteroatoms. The lowest BCUT2D eigenvalue weighted by molar-refractivity contribution is 0.133. The fraction of sp³-hybridized carbons (Fsp3) is 0.647. The maximum Gasteiger partial charge on any atom is 0.161 e. The Morgan fingerprint density at radius 3 is 2.53 bits per heavy atom. The topological polar surface area (TPSA) is 29.5 Å². The van der Waals surface area contributed by atoms with E-state index in [1.165, 1.54) is 19.3 Å². The van der Waals surface area contributed by atoms with E-state index < -0.39 is 0 Å². The molecule has 1 aromatic rings. The summed E-state index contributed by atoms with van der Waals surface area (Å²) in [4.78, 5) is 0. The van der Waals surface area contributed by atoms with Crippen molar-refractivity contribution < 1.29 is 9.84 Å². The molecule has 0 spiro atoms. The molecule has 104 valence electrons. The van der Waals surface area contributed by atoms with E-state index in [4.69, 9.17) is 4.74 Å². The third-order valence-corrected chi connectivity index (χ3v) is 6.42. The number of hydrogen-bond acceptors (Lipinski definition) is 2. The van der Waals surface area contributed by atoms with Gasteiger partial charge in [-0.2, -0.15) is 0 Å². The lowest BCUT2D eigenvalue weighted by Crippen LogP contribution is -2.31. The Labute approximate surface area is 115 Å². The highest BCUT2D eigenvalue weighted by Gasteiger charge is 2.61. The van der Waals surface area contributed by atoms with E-state index in [0.29, 0.717) is 28.2 Å². The van der Waals surface area contributed by atoms with E-state index in [1.54, 1.807) is 7.11 Å². The van der Waals surface area contributed by atoms with Crippen LogP contribution in [0.3, 0.4) is 0 Å². The first-order valence-corrected chi connectivity index (χ1v) is 7.27. The normalized spacial score (nSPS) is 35.6. The van der Waals surface area contributed by atoms with E-state index in [0.717, 1.165) is 11.5 Å². The molecule has 0 aliphatic heterocycles. The summed E-state index contributed by atoms with van der Waals surface area (Å²) in [5.41, 5.74) is 1.74. The van der Waals surface area contributed by atoms with Crippen molar-refractivity contribution in [2.24, 2.45) is 16.7 Å². The average Bonchev–Trinajstić information content (AvgIpc) is 2.71. The van der Waals surface area contributed by atoms with E-state index in [-0.39, 0.29) is 0 Å². The van der Waals surface area contributed by atoms with Gasteiger partial charge >= 0.3 is 0 Å². The SMILES string of the molecule is COc1cccc([C@@H]2C[C@H]3CC[C@]2(C)C3(C)C)c1O. The first-order chi connectivity index (χ1) is 8.91. The summed E-state index contributed by atoms with van der Waals surface area (Å²) in [7, 11) is 1.62. The van der Waals surface area contributed by atoms with Crippen molar-refractivity contribution in [1.29, 1.82) is 0 Å². The molecular formula is C17H24O2. The third-order valence-electron chi connectivity index (χ3n) is 6.42. The monoisotopic (exact) mass is 260 g/mol. The number of hydrogen-bond donors (Lipinski definition) is 1. The first kappa shape index (κ1) is 12.8. The van der Waals surface area contributed by atoms with Crippen LogP contribution in [0.1, 0.15) is 51.5 Å². The molecule has 2 saturated carbocycles. The summed E-state index contributed by atoms with van der Waals surface area (Å²) in [5.74, 6) is 2.19. The third kappa shape index (κ3) is 1.49. The van der Waals surface area contributed by atoms with E-state index >= 15 is 0 Å². The molecule has 0 unspecified atom stereocenters. The van der Waals surface area contributed by atoms with Crippen LogP contribution in [-0.2, 0) is 0 Å². The van der Waals surface area contributed by atoms with Crippen molar-refractivity contribution in [2.45, 2.75) is 46.0 Å². The summed E-state index contributed by atoms with van der Waals surface area (Å²) < 4.78 is 5.26. The van der Waals surface area contributed by atoms with Crippen molar-refractivity contribution in [3.8, 4) is 11.5 Å². The Hall–Kier alpha value is -1.18. The molecule has 0 heterocycles. The number of fused-ring (bicyclic) bond motifs is 2. The van der Waals surface area contributed by atoms with Gasteiger partial charge in [0.1, 0.15) is 0 Å². The zero-order valence-corrected chi connectivity index (χ0v) is 12.4. The van der Waals surface area contributed by atoms with Crippen molar-refractivity contribution >= 4 is 0 Å². The summed E-state index contributed by atoms with van der Waals surface area (Å²) in [6, 6.07) is 5.90. The van der Waals surface area contributed by atoms with Gasteiger partial charge in [-0.05, 0) is 48.0 Å². The number of para-hydroxylation sites is 1. The molecule has 0 amide bonds. The smallest absolute Gasteiger partial charge is 0.161 e. The Balaban J connectivity index is 2.06. The fourth-order valence-corrected chi connectivity index (χ4v) is 4.66. The van der Waals surface area contributed by atoms with E-state index in [1.807, 2.05) is 12.1 Å². The maximum atomic E-state index is 10.4. The zero-order valence-electron chi connectivity index (χ0n) is 12.4. The van der Waals surface area contributed by atoms with Crippen LogP contribution in [0, 0.1) is 16.7 Å². The van der Waals surface area contributed by atoms with Crippen LogP contribution >= 0.6 is 0 Å². The molecule has 19 heavy (non-hydrogen) atoms. The van der Waals surface area contributed by atoms with Crippen LogP contribution < -0.4 is 4.74 Å². The zero-order chi connectivity index (χ0) is 13.8. The van der Waals surface area contributed by atoms with Gasteiger partial charge in [0, 0.05) is 5.56 Å². The minimum atomic E-state index is 0.293. The Morgan fingerprint density at radius 2 is 2.00 bits per heavy atom. The molecule has 0 saturated heterocycles. The van der Waals surface area contributed by atoms with Gasteiger partial charge < -0.3 is 9.84 Å². The molecule has 0 aromatic heterocycles. The van der Waals surface area contributed by atoms with Crippen LogP contribution in [0.5, 0.6) is 11.5 Å². The summed E-state index contributed by atoms with van der Waals surface area (Å²) in [5, 5.41) is 10.4. The molecule has 1 aromatic carbocycles. The van der Waals surface area contributed by atoms with Gasteiger partial charge in [-0.25, -0.2) is 0 Å². The first-order valence-electron chi connectivity index (χ1n) is 7.27. The molecule has 2 bridgehead atoms. The quantitative estimate of drug-likeness (QED) is 0.857. The van der Waals surface area contributed by atoms with Gasteiger partial charge in [0.25, 0.3) is 0 Å². The van der Waals surface area contributed by atoms with Crippen LogP contribution in [0.25, 0.3) is 0 Å². The molecule has 2 aliphatic carbocycles. The second-order valence-electron chi connectivity index (χ2n) is 7.06. The molecule has 1 N–H and O–H groups in total. The van der Waals surface area contributed by atoms with Gasteiger partial charge in [-0.15, -0.1) is 0 Å². The highest BCUT2D eigenvalue weighted by atomic mass is 16.5. The summed E-state index contributed by atoms with van der Waals surface area (Å²) in [6.45, 7) is 7.22. The molecule has 2 fully saturated rings. The Morgan fingerprint density at radius 1 is 1.26 bits per heavy atom. The maximum absolute atomic E-state index is 10.4. The van der Waals surface area contributed by atoms with Crippen LogP contribution in [0.2, 0.25) is 0 Å². The van der Waals surface area contributed by atoms with E-state index in [2.05, 4.69) is 26.8 Å². The number of phenols is 1. The highest BCUT2D eigenvalue weighted by Crippen LogP contribution is 2.71. The molecular weight excluding hydrogens is 236 g/mol. The highest BCUT2D eigenvalue weighted by molar-refractivity contribution is 5.48. The van der Waals surface area contributed by atoms with Gasteiger partial charge in [0.05, 0.1) is 7.11 Å². The van der Waals surface area contributed by atoms with Crippen molar-refractivity contribution in [3.05, 3.63) is 23.8 Å². The Bertz CT molecular complexity index is 506. The Kier molecular flexibility index (Phi) is 2.64. The van der Waals surface area contributed by atoms with Crippen LogP contribution in [0.4, 0.5) is 0 Å². The predicted octanol–water partition coefficient (Wildman–Crippen LogP) is 4.33. The molecule has 2 aliphatic rings. The average molecular weight is 260 g/mol. The molecule has 3 rings (SSSR count). The molecule has 2 nitrogen and oxygen atoms in total. The number of ether oxygens (including phenoxy) is 1. The largest absolute Gasteiger partial charge is 0.504 e. The van der Waals surface area contributed by atoms with Crippen LogP contribution in [0.15, 0.2) is 18.2 Å². The lowest BCUT2D eigenvalue weighted by atomic mass is 9.65. The number of benzene rings is 1. The number of phenolic OH excluding ortho intramolecular Hbond substituents is 1. The van der Waals surface area contributed by atoms with Crippen molar-refractivity contribution in [2.75, 3.05) is 7.11 Å². The second kappa shape index (κ2) is 3.91. The predicted molar refractivity (Wildman–Crippen MR) is 76.6 cm³/mol. The number of methoxy groups -OCH3 is 1. The van der Waals surface area contributed by atoms with Gasteiger partial charge in [-0.1, -0.05) is 32.9 Å². The number of rotatable bonds is 2. The second-order valence-corrected chi connectivity index (χ2v) is 7.06. The minimum absolute atomic E-state index is 0.293. The van der Waals surface area contributed by atoms with Crippen molar-refractivity contribution in [1.82, 2.24) is 0 Å². The summed E-state index contributed by atoms with van der Waals surface area (Å²) >= 11 is 0. The van der Waals surface area contributed by atoms with Crippen LogP contribution in [-0.4, -0.2) is 12.2 Å². The van der Waals surface area contributed by atoms with Gasteiger partial charge in [0.15, 0.2) is 11.5 Å². The fourth-order valence-electron chi connectivity index (χ4n) is 4.66. The van der Waals surface area contributed by atoms with Gasteiger partial charge in [-0.3, -0.25) is 0 Å². The molecule has 0 radical (unpaired) electrons. The lowest BCUT2D eigenvalue weighted by Gasteiger charge is -2.39. The minimum Gasteiger partial charge on any atom is -0.504 e. The summed E-state index contributed by atoms with van der Waals surface area (Å²) in [6.07, 6.45) is 3.81. The van der Waals surface area contributed by atoms with Gasteiger partial charge in [0.2, 0.25) is 0 Å². The number of aromatic hydroxyl groups is 1. The standard InChI is InChI=1S/C17H24O2/c1-16(2)11-8-9-17(16,3)13(10-11)12-6-5-7-14(19-4)15(12)18/h5-7,11,13,18H,8-10H2,1-4H3/t11-,13+,17+/m1/s1. The van der Waals surface area contributed by atoms with E-state index in [9.17, 15) is 5.11 Å². The van der Waals surface area contributed by atoms with Crippen molar-refractivity contribution in [3.63, 3.8) is 0 Å².